The van der Waals surface area contributed by atoms with Crippen LogP contribution in [-0.2, 0) is 4.79 Å². The van der Waals surface area contributed by atoms with Crippen LogP contribution in [-0.4, -0.2) is 27.9 Å². The maximum atomic E-state index is 11.7. The van der Waals surface area contributed by atoms with Crippen molar-refractivity contribution in [3.63, 3.8) is 0 Å². The maximum Gasteiger partial charge on any atom is 0.178 e. The van der Waals surface area contributed by atoms with E-state index in [2.05, 4.69) is 19.0 Å². The summed E-state index contributed by atoms with van der Waals surface area (Å²) in [5.41, 5.74) is 1.65. The fraction of sp³-hybridized carbons (Fsp3) is 0.684. The number of carbonyl (C=O) groups is 1. The molecular weight excluding hydrogens is 290 g/mol. The molecule has 0 radical (unpaired) electrons. The summed E-state index contributed by atoms with van der Waals surface area (Å²) in [4.78, 5) is 11.7. The molecule has 124 valence electrons. The molecule has 0 bridgehead atoms. The van der Waals surface area contributed by atoms with E-state index < -0.39 is 6.10 Å². The van der Waals surface area contributed by atoms with E-state index in [1.165, 1.54) is 5.57 Å². The molecule has 0 aromatic rings. The summed E-state index contributed by atoms with van der Waals surface area (Å²) in [6, 6.07) is 0. The van der Waals surface area contributed by atoms with Gasteiger partial charge in [0, 0.05) is 16.7 Å². The molecule has 23 heavy (non-hydrogen) atoms. The zero-order valence-corrected chi connectivity index (χ0v) is 13.8. The maximum absolute atomic E-state index is 11.7. The van der Waals surface area contributed by atoms with Crippen LogP contribution in [0.4, 0.5) is 0 Å². The molecule has 0 aromatic heterocycles. The molecule has 4 nitrogen and oxygen atoms in total. The highest BCUT2D eigenvalue weighted by Gasteiger charge is 2.60. The first kappa shape index (κ1) is 15.1. The van der Waals surface area contributed by atoms with Crippen molar-refractivity contribution in [3.05, 3.63) is 23.8 Å². The Labute approximate surface area is 137 Å². The Hall–Kier alpha value is -1.42. The number of hydrogen-bond acceptors (Lipinski definition) is 4. The molecule has 0 aromatic carbocycles. The van der Waals surface area contributed by atoms with Crippen molar-refractivity contribution in [2.45, 2.75) is 52.1 Å². The number of oxime groups is 1. The molecule has 4 aliphatic rings. The predicted octanol–water partition coefficient (Wildman–Crippen LogP) is 3.10. The number of rotatable bonds is 0. The van der Waals surface area contributed by atoms with Crippen LogP contribution < -0.4 is 0 Å². The number of carbonyl (C=O) groups excluding carboxylic acids is 1. The van der Waals surface area contributed by atoms with E-state index in [0.717, 1.165) is 31.4 Å². The van der Waals surface area contributed by atoms with E-state index in [-0.39, 0.29) is 22.5 Å². The molecule has 4 rings (SSSR count). The van der Waals surface area contributed by atoms with E-state index in [9.17, 15) is 15.1 Å². The zero-order valence-electron chi connectivity index (χ0n) is 13.8. The Morgan fingerprint density at radius 1 is 1.26 bits per heavy atom. The number of fused-ring (bicyclic) bond motifs is 5. The third-order valence-electron chi connectivity index (χ3n) is 7.36. The largest absolute Gasteiger partial charge is 0.411 e. The highest BCUT2D eigenvalue weighted by Crippen LogP contribution is 2.63. The molecular formula is C19H25NO3. The molecule has 0 aliphatic heterocycles. The van der Waals surface area contributed by atoms with Crippen LogP contribution in [0.25, 0.3) is 0 Å². The van der Waals surface area contributed by atoms with Gasteiger partial charge in [-0.15, -0.1) is 0 Å². The predicted molar refractivity (Wildman–Crippen MR) is 87.2 cm³/mol. The van der Waals surface area contributed by atoms with Gasteiger partial charge in [0.1, 0.15) is 0 Å². The van der Waals surface area contributed by atoms with Crippen molar-refractivity contribution in [2.24, 2.45) is 33.7 Å². The van der Waals surface area contributed by atoms with Crippen LogP contribution in [0.2, 0.25) is 0 Å². The molecule has 6 atom stereocenters. The Morgan fingerprint density at radius 2 is 2.04 bits per heavy atom. The Bertz CT molecular complexity index is 649. The highest BCUT2D eigenvalue weighted by atomic mass is 16.4. The number of aliphatic hydroxyl groups is 1. The van der Waals surface area contributed by atoms with Gasteiger partial charge >= 0.3 is 0 Å². The van der Waals surface area contributed by atoms with Crippen molar-refractivity contribution in [1.82, 2.24) is 0 Å². The molecule has 0 heterocycles. The summed E-state index contributed by atoms with van der Waals surface area (Å²) in [7, 11) is 0. The minimum atomic E-state index is -0.428. The average molecular weight is 315 g/mol. The number of ketones is 1. The molecule has 0 amide bonds. The lowest BCUT2D eigenvalue weighted by atomic mass is 9.47. The summed E-state index contributed by atoms with van der Waals surface area (Å²) >= 11 is 0. The van der Waals surface area contributed by atoms with Gasteiger partial charge in [0.05, 0.1) is 11.8 Å². The van der Waals surface area contributed by atoms with E-state index in [1.807, 2.05) is 6.08 Å². The lowest BCUT2D eigenvalue weighted by Crippen LogP contribution is -2.56. The van der Waals surface area contributed by atoms with Gasteiger partial charge in [-0.2, -0.15) is 0 Å². The number of aliphatic hydroxyl groups excluding tert-OH is 1. The van der Waals surface area contributed by atoms with E-state index in [4.69, 9.17) is 0 Å². The highest BCUT2D eigenvalue weighted by molar-refractivity contribution is 6.01. The topological polar surface area (TPSA) is 69.9 Å². The van der Waals surface area contributed by atoms with E-state index in [1.54, 1.807) is 12.2 Å². The molecule has 6 unspecified atom stereocenters. The monoisotopic (exact) mass is 315 g/mol. The second kappa shape index (κ2) is 4.79. The average Bonchev–Trinajstić information content (AvgIpc) is 2.83. The number of hydrogen-bond donors (Lipinski definition) is 2. The summed E-state index contributed by atoms with van der Waals surface area (Å²) in [6.45, 7) is 4.34. The lowest BCUT2D eigenvalue weighted by molar-refractivity contribution is -0.112. The summed E-state index contributed by atoms with van der Waals surface area (Å²) in [5.74, 6) is 1.11. The van der Waals surface area contributed by atoms with Crippen LogP contribution in [0.5, 0.6) is 0 Å². The molecule has 3 saturated carbocycles. The van der Waals surface area contributed by atoms with Gasteiger partial charge < -0.3 is 10.3 Å². The molecule has 2 N–H and O–H groups in total. The van der Waals surface area contributed by atoms with Crippen molar-refractivity contribution in [1.29, 1.82) is 0 Å². The SMILES string of the molecule is CC12C=CC(=O)C=C1CCC1C2C(O)CC2(C)/C(=N\O)CCC12. The lowest BCUT2D eigenvalue weighted by Gasteiger charge is -2.57. The van der Waals surface area contributed by atoms with Gasteiger partial charge in [-0.1, -0.05) is 30.7 Å². The quantitative estimate of drug-likeness (QED) is 0.533. The zero-order chi connectivity index (χ0) is 16.4. The van der Waals surface area contributed by atoms with Crippen molar-refractivity contribution in [2.75, 3.05) is 0 Å². The summed E-state index contributed by atoms with van der Waals surface area (Å²) in [6.07, 6.45) is 9.53. The third-order valence-corrected chi connectivity index (χ3v) is 7.36. The Kier molecular flexibility index (Phi) is 3.15. The van der Waals surface area contributed by atoms with Crippen LogP contribution in [0.1, 0.15) is 46.0 Å². The van der Waals surface area contributed by atoms with Crippen LogP contribution in [0, 0.1) is 28.6 Å². The van der Waals surface area contributed by atoms with Crippen molar-refractivity contribution in [3.8, 4) is 0 Å². The van der Waals surface area contributed by atoms with Crippen molar-refractivity contribution < 1.29 is 15.1 Å². The summed E-state index contributed by atoms with van der Waals surface area (Å²) in [5, 5.41) is 23.9. The first-order valence-electron chi connectivity index (χ1n) is 8.74. The number of nitrogens with zero attached hydrogens (tertiary/aromatic N) is 1. The third kappa shape index (κ3) is 1.87. The second-order valence-corrected chi connectivity index (χ2v) is 8.30. The van der Waals surface area contributed by atoms with Gasteiger partial charge in [0.2, 0.25) is 0 Å². The molecule has 0 spiro atoms. The van der Waals surface area contributed by atoms with Gasteiger partial charge in [0.25, 0.3) is 0 Å². The first-order chi connectivity index (χ1) is 10.9. The molecule has 4 heteroatoms. The standard InChI is InChI=1S/C19H25NO3/c1-18-8-7-12(21)9-11(18)3-4-13-14-5-6-16(20-23)19(14,2)10-15(22)17(13)18/h7-9,13-15,17,22-23H,3-6,10H2,1-2H3/b20-16-. The van der Waals surface area contributed by atoms with Gasteiger partial charge in [-0.25, -0.2) is 0 Å². The normalized spacial score (nSPS) is 50.3. The van der Waals surface area contributed by atoms with Gasteiger partial charge in [0.15, 0.2) is 5.78 Å². The van der Waals surface area contributed by atoms with Crippen LogP contribution >= 0.6 is 0 Å². The van der Waals surface area contributed by atoms with Crippen molar-refractivity contribution >= 4 is 11.5 Å². The number of allylic oxidation sites excluding steroid dienone is 4. The molecule has 0 saturated heterocycles. The first-order valence-corrected chi connectivity index (χ1v) is 8.74. The van der Waals surface area contributed by atoms with E-state index >= 15 is 0 Å². The van der Waals surface area contributed by atoms with Gasteiger partial charge in [-0.3, -0.25) is 4.79 Å². The Balaban J connectivity index is 1.76. The second-order valence-electron chi connectivity index (χ2n) is 8.30. The summed E-state index contributed by atoms with van der Waals surface area (Å²) < 4.78 is 0. The molecule has 3 fully saturated rings. The van der Waals surface area contributed by atoms with E-state index in [0.29, 0.717) is 18.3 Å². The van der Waals surface area contributed by atoms with Gasteiger partial charge in [-0.05, 0) is 56.1 Å². The minimum Gasteiger partial charge on any atom is -0.411 e. The van der Waals surface area contributed by atoms with Crippen LogP contribution in [0.15, 0.2) is 29.0 Å². The van der Waals surface area contributed by atoms with Crippen LogP contribution in [0.3, 0.4) is 0 Å². The smallest absolute Gasteiger partial charge is 0.178 e. The fourth-order valence-corrected chi connectivity index (χ4v) is 6.28. The fourth-order valence-electron chi connectivity index (χ4n) is 6.28. The minimum absolute atomic E-state index is 0.0710. The molecule has 4 aliphatic carbocycles. The Morgan fingerprint density at radius 3 is 2.78 bits per heavy atom.